The molecule has 4 aliphatic rings. The van der Waals surface area contributed by atoms with Crippen molar-refractivity contribution in [3.8, 4) is 0 Å². The van der Waals surface area contributed by atoms with Gasteiger partial charge >= 0.3 is 0 Å². The third-order valence-electron chi connectivity index (χ3n) is 6.41. The average molecular weight is 235 g/mol. The first-order valence-electron chi connectivity index (χ1n) is 7.81. The Bertz CT molecular complexity index is 282. The summed E-state index contributed by atoms with van der Waals surface area (Å²) < 4.78 is 0. The number of hydrogen-bond acceptors (Lipinski definition) is 1. The minimum absolute atomic E-state index is 0.647. The van der Waals surface area contributed by atoms with E-state index in [0.717, 1.165) is 29.7 Å². The van der Waals surface area contributed by atoms with Crippen LogP contribution in [0.4, 0.5) is 0 Å². The second kappa shape index (κ2) is 3.98. The molecule has 17 heavy (non-hydrogen) atoms. The van der Waals surface area contributed by atoms with Crippen LogP contribution in [0.15, 0.2) is 0 Å². The molecule has 0 aromatic rings. The fraction of sp³-hybridized carbons (Fsp3) is 1.00. The van der Waals surface area contributed by atoms with Gasteiger partial charge in [0.2, 0.25) is 0 Å². The summed E-state index contributed by atoms with van der Waals surface area (Å²) in [4.78, 5) is 0. The third-order valence-corrected chi connectivity index (χ3v) is 6.41. The predicted molar refractivity (Wildman–Crippen MR) is 72.7 cm³/mol. The molecule has 0 radical (unpaired) electrons. The summed E-state index contributed by atoms with van der Waals surface area (Å²) in [6.07, 6.45) is 12.0. The van der Waals surface area contributed by atoms with E-state index in [1.165, 1.54) is 32.1 Å². The molecule has 98 valence electrons. The minimum atomic E-state index is 0.647. The van der Waals surface area contributed by atoms with E-state index in [2.05, 4.69) is 13.8 Å². The van der Waals surface area contributed by atoms with Gasteiger partial charge in [0, 0.05) is 0 Å². The average Bonchev–Trinajstić information content (AvgIpc) is 2.25. The van der Waals surface area contributed by atoms with Crippen molar-refractivity contribution >= 4 is 0 Å². The molecule has 4 saturated carbocycles. The maximum Gasteiger partial charge on any atom is -0.00462 e. The van der Waals surface area contributed by atoms with Crippen molar-refractivity contribution < 1.29 is 0 Å². The highest BCUT2D eigenvalue weighted by Crippen LogP contribution is 2.68. The maximum atomic E-state index is 6.01. The first-order valence-corrected chi connectivity index (χ1v) is 7.81. The van der Waals surface area contributed by atoms with Crippen molar-refractivity contribution in [1.82, 2.24) is 0 Å². The molecule has 4 aliphatic carbocycles. The van der Waals surface area contributed by atoms with Gasteiger partial charge in [0.1, 0.15) is 0 Å². The van der Waals surface area contributed by atoms with Crippen molar-refractivity contribution in [1.29, 1.82) is 0 Å². The summed E-state index contributed by atoms with van der Waals surface area (Å²) in [5, 5.41) is 0. The Morgan fingerprint density at radius 3 is 2.35 bits per heavy atom. The van der Waals surface area contributed by atoms with Crippen molar-refractivity contribution in [3.05, 3.63) is 0 Å². The van der Waals surface area contributed by atoms with Gasteiger partial charge in [0.05, 0.1) is 0 Å². The van der Waals surface area contributed by atoms with Crippen LogP contribution in [0.5, 0.6) is 0 Å². The van der Waals surface area contributed by atoms with E-state index in [-0.39, 0.29) is 0 Å². The molecule has 0 aromatic carbocycles. The molecule has 0 heterocycles. The lowest BCUT2D eigenvalue weighted by Crippen LogP contribution is -2.55. The SMILES string of the molecule is CCCC12CC3CC(C1)CC(C(C)CN)(C3)C2. The Morgan fingerprint density at radius 1 is 1.18 bits per heavy atom. The van der Waals surface area contributed by atoms with Crippen molar-refractivity contribution in [3.63, 3.8) is 0 Å². The number of hydrogen-bond donors (Lipinski definition) is 1. The topological polar surface area (TPSA) is 26.0 Å². The van der Waals surface area contributed by atoms with Gasteiger partial charge in [-0.1, -0.05) is 20.3 Å². The van der Waals surface area contributed by atoms with Crippen LogP contribution in [-0.4, -0.2) is 6.54 Å². The van der Waals surface area contributed by atoms with Crippen molar-refractivity contribution in [2.24, 2.45) is 34.3 Å². The molecule has 0 aliphatic heterocycles. The number of nitrogens with two attached hydrogens (primary N) is 1. The van der Waals surface area contributed by atoms with Crippen LogP contribution >= 0.6 is 0 Å². The standard InChI is InChI=1S/C16H29N/c1-3-4-15-6-13-5-14(7-15)9-16(8-13,11-15)12(2)10-17/h12-14H,3-11,17H2,1-2H3. The van der Waals surface area contributed by atoms with Crippen LogP contribution in [0.2, 0.25) is 0 Å². The fourth-order valence-corrected chi connectivity index (χ4v) is 6.18. The predicted octanol–water partition coefficient (Wildman–Crippen LogP) is 3.97. The van der Waals surface area contributed by atoms with Gasteiger partial charge in [-0.3, -0.25) is 0 Å². The first kappa shape index (κ1) is 12.0. The third kappa shape index (κ3) is 1.77. The zero-order valence-electron chi connectivity index (χ0n) is 11.7. The number of rotatable bonds is 4. The second-order valence-electron chi connectivity index (χ2n) is 7.71. The highest BCUT2D eigenvalue weighted by atomic mass is 14.7. The molecule has 3 unspecified atom stereocenters. The summed E-state index contributed by atoms with van der Waals surface area (Å²) in [7, 11) is 0. The van der Waals surface area contributed by atoms with Gasteiger partial charge in [-0.2, -0.15) is 0 Å². The Balaban J connectivity index is 1.89. The van der Waals surface area contributed by atoms with Gasteiger partial charge in [0.15, 0.2) is 0 Å². The lowest BCUT2D eigenvalue weighted by Gasteiger charge is -2.64. The highest BCUT2D eigenvalue weighted by molar-refractivity contribution is 5.08. The molecule has 0 aromatic heterocycles. The molecule has 1 nitrogen and oxygen atoms in total. The van der Waals surface area contributed by atoms with Crippen LogP contribution in [0.25, 0.3) is 0 Å². The summed E-state index contributed by atoms with van der Waals surface area (Å²) >= 11 is 0. The van der Waals surface area contributed by atoms with E-state index in [1.54, 1.807) is 19.3 Å². The smallest absolute Gasteiger partial charge is 0.00462 e. The monoisotopic (exact) mass is 235 g/mol. The Hall–Kier alpha value is -0.0400. The molecule has 4 fully saturated rings. The van der Waals surface area contributed by atoms with Gasteiger partial charge in [-0.25, -0.2) is 0 Å². The summed E-state index contributed by atoms with van der Waals surface area (Å²) in [5.74, 6) is 2.86. The van der Waals surface area contributed by atoms with E-state index in [1.807, 2.05) is 0 Å². The maximum absolute atomic E-state index is 6.01. The molecule has 2 N–H and O–H groups in total. The van der Waals surface area contributed by atoms with Crippen molar-refractivity contribution in [2.75, 3.05) is 6.54 Å². The minimum Gasteiger partial charge on any atom is -0.330 e. The molecule has 3 atom stereocenters. The van der Waals surface area contributed by atoms with E-state index in [9.17, 15) is 0 Å². The Morgan fingerprint density at radius 2 is 1.82 bits per heavy atom. The summed E-state index contributed by atoms with van der Waals surface area (Å²) in [6, 6.07) is 0. The lowest BCUT2D eigenvalue weighted by molar-refractivity contribution is -0.135. The molecule has 0 saturated heterocycles. The van der Waals surface area contributed by atoms with Crippen LogP contribution in [0.3, 0.4) is 0 Å². The molecule has 0 spiro atoms. The Labute approximate surface area is 107 Å². The van der Waals surface area contributed by atoms with Gasteiger partial charge in [-0.15, -0.1) is 0 Å². The quantitative estimate of drug-likeness (QED) is 0.784. The molecular weight excluding hydrogens is 206 g/mol. The lowest BCUT2D eigenvalue weighted by atomic mass is 9.41. The van der Waals surface area contributed by atoms with Gasteiger partial charge in [-0.05, 0) is 80.1 Å². The molecule has 1 heteroatoms. The van der Waals surface area contributed by atoms with Crippen LogP contribution in [0.1, 0.15) is 65.2 Å². The summed E-state index contributed by atoms with van der Waals surface area (Å²) in [6.45, 7) is 5.70. The van der Waals surface area contributed by atoms with E-state index < -0.39 is 0 Å². The van der Waals surface area contributed by atoms with E-state index in [0.29, 0.717) is 5.41 Å². The largest absolute Gasteiger partial charge is 0.330 e. The molecular formula is C16H29N. The summed E-state index contributed by atoms with van der Waals surface area (Å²) in [5.41, 5.74) is 7.40. The zero-order chi connectivity index (χ0) is 12.1. The van der Waals surface area contributed by atoms with Crippen LogP contribution in [-0.2, 0) is 0 Å². The van der Waals surface area contributed by atoms with Crippen molar-refractivity contribution in [2.45, 2.75) is 65.2 Å². The van der Waals surface area contributed by atoms with Crippen LogP contribution < -0.4 is 5.73 Å². The van der Waals surface area contributed by atoms with Gasteiger partial charge < -0.3 is 5.73 Å². The fourth-order valence-electron chi connectivity index (χ4n) is 6.18. The highest BCUT2D eigenvalue weighted by Gasteiger charge is 2.58. The molecule has 4 bridgehead atoms. The zero-order valence-corrected chi connectivity index (χ0v) is 11.7. The molecule has 4 rings (SSSR count). The van der Waals surface area contributed by atoms with E-state index >= 15 is 0 Å². The van der Waals surface area contributed by atoms with E-state index in [4.69, 9.17) is 5.73 Å². The molecule has 0 amide bonds. The van der Waals surface area contributed by atoms with Crippen LogP contribution in [0, 0.1) is 28.6 Å². The normalized spacial score (nSPS) is 49.6. The first-order chi connectivity index (χ1) is 8.11. The van der Waals surface area contributed by atoms with Gasteiger partial charge in [0.25, 0.3) is 0 Å². The second-order valence-corrected chi connectivity index (χ2v) is 7.71. The Kier molecular flexibility index (Phi) is 2.81.